The third-order valence-electron chi connectivity index (χ3n) is 4.02. The maximum Gasteiger partial charge on any atom is 0.224 e. The van der Waals surface area contributed by atoms with Crippen molar-refractivity contribution in [2.75, 3.05) is 42.9 Å². The summed E-state index contributed by atoms with van der Waals surface area (Å²) in [5.41, 5.74) is 0.595. The Kier molecular flexibility index (Phi) is 5.36. The molecule has 0 unspecified atom stereocenters. The number of hydrogen-bond acceptors (Lipinski definition) is 7. The van der Waals surface area contributed by atoms with Gasteiger partial charge in [0.15, 0.2) is 0 Å². The van der Waals surface area contributed by atoms with E-state index < -0.39 is 0 Å². The van der Waals surface area contributed by atoms with Crippen molar-refractivity contribution in [3.05, 3.63) is 42.4 Å². The molecule has 1 amide bonds. The number of aromatic nitrogens is 3. The minimum absolute atomic E-state index is 0.113. The summed E-state index contributed by atoms with van der Waals surface area (Å²) in [5, 5.41) is 12.0. The third-order valence-corrected chi connectivity index (χ3v) is 4.02. The van der Waals surface area contributed by atoms with Crippen molar-refractivity contribution in [2.45, 2.75) is 6.42 Å². The molecular formula is C17H19N7O. The Balaban J connectivity index is 1.45. The van der Waals surface area contributed by atoms with Gasteiger partial charge in [-0.25, -0.2) is 15.0 Å². The Labute approximate surface area is 146 Å². The first-order chi connectivity index (χ1) is 12.3. The van der Waals surface area contributed by atoms with Gasteiger partial charge < -0.3 is 15.1 Å². The van der Waals surface area contributed by atoms with Gasteiger partial charge in [-0.05, 0) is 18.2 Å². The highest BCUT2D eigenvalue weighted by Gasteiger charge is 2.21. The Hall–Kier alpha value is -3.21. The number of carbonyl (C=O) groups is 1. The van der Waals surface area contributed by atoms with E-state index in [1.165, 1.54) is 0 Å². The molecule has 1 saturated heterocycles. The van der Waals surface area contributed by atoms with Gasteiger partial charge in [0.05, 0.1) is 11.6 Å². The van der Waals surface area contributed by atoms with E-state index in [0.717, 1.165) is 5.82 Å². The number of anilines is 2. The lowest BCUT2D eigenvalue weighted by Gasteiger charge is -2.35. The number of carbonyl (C=O) groups excluding carboxylic acids is 1. The molecule has 1 aliphatic rings. The number of rotatable bonds is 5. The van der Waals surface area contributed by atoms with Crippen LogP contribution in [0.25, 0.3) is 0 Å². The molecule has 3 rings (SSSR count). The lowest BCUT2D eigenvalue weighted by atomic mass is 10.2. The van der Waals surface area contributed by atoms with Gasteiger partial charge in [0, 0.05) is 57.7 Å². The van der Waals surface area contributed by atoms with Crippen molar-refractivity contribution in [3.8, 4) is 6.07 Å². The van der Waals surface area contributed by atoms with Gasteiger partial charge in [-0.15, -0.1) is 0 Å². The molecular weight excluding hydrogens is 318 g/mol. The molecule has 8 heteroatoms. The molecule has 8 nitrogen and oxygen atoms in total. The second-order valence-electron chi connectivity index (χ2n) is 5.63. The van der Waals surface area contributed by atoms with Crippen LogP contribution in [0, 0.1) is 11.3 Å². The van der Waals surface area contributed by atoms with E-state index in [4.69, 9.17) is 5.26 Å². The molecule has 0 atom stereocenters. The van der Waals surface area contributed by atoms with E-state index in [1.807, 2.05) is 4.90 Å². The maximum atomic E-state index is 12.3. The van der Waals surface area contributed by atoms with Crippen LogP contribution in [0.3, 0.4) is 0 Å². The van der Waals surface area contributed by atoms with Crippen molar-refractivity contribution in [1.82, 2.24) is 19.9 Å². The molecule has 0 aliphatic carbocycles. The number of piperazine rings is 1. The fourth-order valence-electron chi connectivity index (χ4n) is 2.68. The van der Waals surface area contributed by atoms with Crippen LogP contribution in [0.4, 0.5) is 11.8 Å². The van der Waals surface area contributed by atoms with Crippen molar-refractivity contribution in [2.24, 2.45) is 0 Å². The highest BCUT2D eigenvalue weighted by atomic mass is 16.2. The van der Waals surface area contributed by atoms with E-state index in [9.17, 15) is 4.79 Å². The van der Waals surface area contributed by atoms with E-state index in [1.54, 1.807) is 36.8 Å². The lowest BCUT2D eigenvalue weighted by molar-refractivity contribution is -0.131. The topological polar surface area (TPSA) is 98.0 Å². The van der Waals surface area contributed by atoms with Crippen molar-refractivity contribution >= 4 is 17.7 Å². The molecule has 128 valence electrons. The van der Waals surface area contributed by atoms with Gasteiger partial charge in [0.25, 0.3) is 0 Å². The van der Waals surface area contributed by atoms with Crippen LogP contribution >= 0.6 is 0 Å². The first-order valence-electron chi connectivity index (χ1n) is 8.16. The number of nitrogens with zero attached hydrogens (tertiary/aromatic N) is 6. The molecule has 1 aliphatic heterocycles. The first-order valence-corrected chi connectivity index (χ1v) is 8.16. The fourth-order valence-corrected chi connectivity index (χ4v) is 2.68. The van der Waals surface area contributed by atoms with Gasteiger partial charge in [0.1, 0.15) is 5.82 Å². The van der Waals surface area contributed by atoms with Gasteiger partial charge in [-0.2, -0.15) is 5.26 Å². The number of nitrogens with one attached hydrogen (secondary N) is 1. The number of nitriles is 1. The van der Waals surface area contributed by atoms with Crippen molar-refractivity contribution < 1.29 is 4.79 Å². The molecule has 3 heterocycles. The predicted molar refractivity (Wildman–Crippen MR) is 92.9 cm³/mol. The van der Waals surface area contributed by atoms with E-state index >= 15 is 0 Å². The van der Waals surface area contributed by atoms with Crippen LogP contribution in [-0.2, 0) is 4.79 Å². The maximum absolute atomic E-state index is 12.3. The normalized spacial score (nSPS) is 14.0. The van der Waals surface area contributed by atoms with E-state index in [-0.39, 0.29) is 5.91 Å². The summed E-state index contributed by atoms with van der Waals surface area (Å²) in [6.07, 6.45) is 5.36. The zero-order valence-electron chi connectivity index (χ0n) is 13.8. The second-order valence-corrected chi connectivity index (χ2v) is 5.63. The molecule has 25 heavy (non-hydrogen) atoms. The van der Waals surface area contributed by atoms with Gasteiger partial charge in [-0.1, -0.05) is 0 Å². The molecule has 2 aromatic rings. The Morgan fingerprint density at radius 3 is 2.64 bits per heavy atom. The van der Waals surface area contributed by atoms with Crippen LogP contribution in [0.15, 0.2) is 36.8 Å². The average Bonchev–Trinajstić information content (AvgIpc) is 2.69. The van der Waals surface area contributed by atoms with Crippen LogP contribution in [0.2, 0.25) is 0 Å². The molecule has 0 bridgehead atoms. The summed E-state index contributed by atoms with van der Waals surface area (Å²) in [6.45, 7) is 3.23. The summed E-state index contributed by atoms with van der Waals surface area (Å²) < 4.78 is 0. The SMILES string of the molecule is N#Cc1ccnc(N2CCN(C(=O)CCNc3ncccn3)CC2)c1. The molecule has 1 N–H and O–H groups in total. The zero-order chi connectivity index (χ0) is 17.5. The highest BCUT2D eigenvalue weighted by molar-refractivity contribution is 5.77. The molecule has 0 aromatic carbocycles. The minimum Gasteiger partial charge on any atom is -0.354 e. The lowest BCUT2D eigenvalue weighted by Crippen LogP contribution is -2.49. The van der Waals surface area contributed by atoms with Crippen LogP contribution in [0.1, 0.15) is 12.0 Å². The highest BCUT2D eigenvalue weighted by Crippen LogP contribution is 2.15. The Bertz CT molecular complexity index is 751. The van der Waals surface area contributed by atoms with Gasteiger partial charge in [0.2, 0.25) is 11.9 Å². The van der Waals surface area contributed by atoms with Gasteiger partial charge >= 0.3 is 0 Å². The fraction of sp³-hybridized carbons (Fsp3) is 0.353. The molecule has 2 aromatic heterocycles. The summed E-state index contributed by atoms with van der Waals surface area (Å²) in [7, 11) is 0. The van der Waals surface area contributed by atoms with Crippen LogP contribution in [0.5, 0.6) is 0 Å². The zero-order valence-corrected chi connectivity index (χ0v) is 13.8. The molecule has 0 spiro atoms. The summed E-state index contributed by atoms with van der Waals surface area (Å²) >= 11 is 0. The quantitative estimate of drug-likeness (QED) is 0.865. The van der Waals surface area contributed by atoms with E-state index in [0.29, 0.717) is 50.7 Å². The molecule has 0 saturated carbocycles. The average molecular weight is 337 g/mol. The van der Waals surface area contributed by atoms with Crippen molar-refractivity contribution in [1.29, 1.82) is 5.26 Å². The number of amides is 1. The smallest absolute Gasteiger partial charge is 0.224 e. The third kappa shape index (κ3) is 4.41. The predicted octanol–water partition coefficient (Wildman–Crippen LogP) is 0.894. The standard InChI is InChI=1S/C17H19N7O/c18-13-14-2-6-19-15(12-14)23-8-10-24(11-9-23)16(25)3-7-22-17-20-4-1-5-21-17/h1-2,4-6,12H,3,7-11H2,(H,20,21,22). The number of hydrogen-bond donors (Lipinski definition) is 1. The summed E-state index contributed by atoms with van der Waals surface area (Å²) in [5.74, 6) is 1.43. The second kappa shape index (κ2) is 8.06. The molecule has 1 fully saturated rings. The van der Waals surface area contributed by atoms with Crippen molar-refractivity contribution in [3.63, 3.8) is 0 Å². The largest absolute Gasteiger partial charge is 0.354 e. The van der Waals surface area contributed by atoms with Crippen LogP contribution < -0.4 is 10.2 Å². The van der Waals surface area contributed by atoms with Crippen LogP contribution in [-0.4, -0.2) is 58.5 Å². The molecule has 0 radical (unpaired) electrons. The summed E-state index contributed by atoms with van der Waals surface area (Å²) in [6, 6.07) is 7.34. The minimum atomic E-state index is 0.113. The Morgan fingerprint density at radius 1 is 1.16 bits per heavy atom. The monoisotopic (exact) mass is 337 g/mol. The van der Waals surface area contributed by atoms with Gasteiger partial charge in [-0.3, -0.25) is 4.79 Å². The number of pyridine rings is 1. The Morgan fingerprint density at radius 2 is 1.92 bits per heavy atom. The van der Waals surface area contributed by atoms with E-state index in [2.05, 4.69) is 31.2 Å². The first kappa shape index (κ1) is 16.6. The summed E-state index contributed by atoms with van der Waals surface area (Å²) in [4.78, 5) is 28.7.